The van der Waals surface area contributed by atoms with E-state index < -0.39 is 0 Å². The summed E-state index contributed by atoms with van der Waals surface area (Å²) in [6, 6.07) is 7.54. The van der Waals surface area contributed by atoms with Gasteiger partial charge in [0, 0.05) is 11.6 Å². The first-order valence-electron chi connectivity index (χ1n) is 9.09. The zero-order chi connectivity index (χ0) is 20.8. The third-order valence-corrected chi connectivity index (χ3v) is 4.77. The summed E-state index contributed by atoms with van der Waals surface area (Å²) in [5, 5.41) is 9.03. The minimum atomic E-state index is -0.382. The number of aryl methyl sites for hydroxylation is 2. The number of ether oxygens (including phenoxy) is 2. The Bertz CT molecular complexity index is 1010. The highest BCUT2D eigenvalue weighted by Crippen LogP contribution is 2.19. The molecule has 0 bridgehead atoms. The Morgan fingerprint density at radius 2 is 2.07 bits per heavy atom. The molecular weight excluding hydrogens is 392 g/mol. The first-order chi connectivity index (χ1) is 13.9. The third kappa shape index (κ3) is 5.64. The average molecular weight is 414 g/mol. The van der Waals surface area contributed by atoms with Gasteiger partial charge in [0.1, 0.15) is 5.75 Å². The maximum atomic E-state index is 12.4. The van der Waals surface area contributed by atoms with Crippen molar-refractivity contribution in [1.82, 2.24) is 14.8 Å². The average Bonchev–Trinajstić information content (AvgIpc) is 3.31. The zero-order valence-corrected chi connectivity index (χ0v) is 17.3. The molecule has 1 amide bonds. The lowest BCUT2D eigenvalue weighted by Gasteiger charge is -2.09. The number of rotatable bonds is 8. The topological polar surface area (TPSA) is 95.3 Å². The molecule has 0 radical (unpaired) electrons. The van der Waals surface area contributed by atoms with E-state index in [-0.39, 0.29) is 30.7 Å². The van der Waals surface area contributed by atoms with Crippen LogP contribution in [0.5, 0.6) is 5.75 Å². The van der Waals surface area contributed by atoms with Gasteiger partial charge in [-0.15, -0.1) is 11.3 Å². The fraction of sp³-hybridized carbons (Fsp3) is 0.300. The van der Waals surface area contributed by atoms with E-state index >= 15 is 0 Å². The highest BCUT2D eigenvalue weighted by atomic mass is 32.1. The van der Waals surface area contributed by atoms with E-state index in [1.54, 1.807) is 29.2 Å². The number of carbonyl (C=O) groups is 2. The van der Waals surface area contributed by atoms with Crippen LogP contribution in [0.4, 0.5) is 5.13 Å². The molecule has 0 saturated carbocycles. The summed E-state index contributed by atoms with van der Waals surface area (Å²) in [7, 11) is 0. The van der Waals surface area contributed by atoms with E-state index in [1.807, 2.05) is 32.0 Å². The molecule has 1 N–H and O–H groups in total. The summed E-state index contributed by atoms with van der Waals surface area (Å²) in [4.78, 5) is 28.1. The number of amides is 1. The van der Waals surface area contributed by atoms with Gasteiger partial charge in [0.15, 0.2) is 17.6 Å². The van der Waals surface area contributed by atoms with Crippen LogP contribution in [-0.2, 0) is 22.7 Å². The van der Waals surface area contributed by atoms with Crippen molar-refractivity contribution < 1.29 is 19.1 Å². The number of anilines is 1. The summed E-state index contributed by atoms with van der Waals surface area (Å²) >= 11 is 1.24. The molecule has 1 aromatic carbocycles. The van der Waals surface area contributed by atoms with Crippen LogP contribution < -0.4 is 10.1 Å². The van der Waals surface area contributed by atoms with Crippen molar-refractivity contribution in [2.24, 2.45) is 0 Å². The first-order valence-corrected chi connectivity index (χ1v) is 9.97. The van der Waals surface area contributed by atoms with E-state index in [0.717, 1.165) is 11.3 Å². The molecule has 8 nitrogen and oxygen atoms in total. The number of esters is 1. The zero-order valence-electron chi connectivity index (χ0n) is 16.5. The Labute approximate surface area is 172 Å². The molecule has 3 aromatic rings. The smallest absolute Gasteiger partial charge is 0.311 e. The Hall–Kier alpha value is -3.20. The lowest BCUT2D eigenvalue weighted by atomic mass is 10.1. The van der Waals surface area contributed by atoms with Crippen LogP contribution in [0.25, 0.3) is 0 Å². The van der Waals surface area contributed by atoms with Gasteiger partial charge in [-0.1, -0.05) is 17.7 Å². The minimum absolute atomic E-state index is 0.0740. The van der Waals surface area contributed by atoms with Crippen LogP contribution in [0.15, 0.2) is 35.8 Å². The normalized spacial score (nSPS) is 10.6. The molecule has 0 atom stereocenters. The van der Waals surface area contributed by atoms with Crippen molar-refractivity contribution in [2.45, 2.75) is 33.9 Å². The predicted octanol–water partition coefficient (Wildman–Crippen LogP) is 3.35. The second kappa shape index (κ2) is 9.33. The molecule has 29 heavy (non-hydrogen) atoms. The second-order valence-electron chi connectivity index (χ2n) is 6.36. The molecule has 0 unspecified atom stereocenters. The van der Waals surface area contributed by atoms with Crippen LogP contribution in [0.3, 0.4) is 0 Å². The Morgan fingerprint density at radius 3 is 2.83 bits per heavy atom. The Morgan fingerprint density at radius 1 is 1.24 bits per heavy atom. The summed E-state index contributed by atoms with van der Waals surface area (Å²) in [5.41, 5.74) is 3.01. The van der Waals surface area contributed by atoms with Crippen molar-refractivity contribution in [3.63, 3.8) is 0 Å². The molecular formula is C20H22N4O4S. The lowest BCUT2D eigenvalue weighted by Crippen LogP contribution is -2.14. The molecule has 152 valence electrons. The SMILES string of the molecule is CCOC(=O)Cc1csc(NC(=O)c2ccn(COc3ccc(C)cc3C)n2)n1. The number of nitrogens with one attached hydrogen (secondary N) is 1. The first kappa shape index (κ1) is 20.5. The van der Waals surface area contributed by atoms with Crippen LogP contribution in [0.1, 0.15) is 34.2 Å². The van der Waals surface area contributed by atoms with Gasteiger partial charge in [-0.2, -0.15) is 5.10 Å². The third-order valence-electron chi connectivity index (χ3n) is 3.96. The molecule has 0 aliphatic rings. The highest BCUT2D eigenvalue weighted by Gasteiger charge is 2.14. The number of hydrogen-bond acceptors (Lipinski definition) is 7. The molecule has 2 aromatic heterocycles. The maximum absolute atomic E-state index is 12.4. The van der Waals surface area contributed by atoms with Crippen molar-refractivity contribution in [3.8, 4) is 5.75 Å². The van der Waals surface area contributed by atoms with E-state index in [4.69, 9.17) is 9.47 Å². The summed E-state index contributed by atoms with van der Waals surface area (Å²) in [6.07, 6.45) is 1.75. The van der Waals surface area contributed by atoms with Crippen molar-refractivity contribution >= 4 is 28.3 Å². The summed E-state index contributed by atoms with van der Waals surface area (Å²) in [5.74, 6) is 0.0413. The van der Waals surface area contributed by atoms with Gasteiger partial charge in [-0.3, -0.25) is 14.9 Å². The van der Waals surface area contributed by atoms with Gasteiger partial charge in [-0.05, 0) is 38.5 Å². The number of aromatic nitrogens is 3. The largest absolute Gasteiger partial charge is 0.471 e. The van der Waals surface area contributed by atoms with E-state index in [2.05, 4.69) is 15.4 Å². The lowest BCUT2D eigenvalue weighted by molar-refractivity contribution is -0.142. The number of thiazole rings is 1. The molecule has 0 spiro atoms. The number of carbonyl (C=O) groups excluding carboxylic acids is 2. The van der Waals surface area contributed by atoms with Gasteiger partial charge in [-0.25, -0.2) is 9.67 Å². The maximum Gasteiger partial charge on any atom is 0.311 e. The monoisotopic (exact) mass is 414 g/mol. The molecule has 0 saturated heterocycles. The van der Waals surface area contributed by atoms with Crippen LogP contribution in [0.2, 0.25) is 0 Å². The van der Waals surface area contributed by atoms with Crippen LogP contribution in [0, 0.1) is 13.8 Å². The fourth-order valence-corrected chi connectivity index (χ4v) is 3.32. The van der Waals surface area contributed by atoms with Gasteiger partial charge in [0.25, 0.3) is 5.91 Å². The fourth-order valence-electron chi connectivity index (χ4n) is 2.62. The van der Waals surface area contributed by atoms with Gasteiger partial charge in [0.05, 0.1) is 18.7 Å². The summed E-state index contributed by atoms with van der Waals surface area (Å²) in [6.45, 7) is 6.27. The predicted molar refractivity (Wildman–Crippen MR) is 109 cm³/mol. The Balaban J connectivity index is 1.55. The minimum Gasteiger partial charge on any atom is -0.471 e. The number of benzene rings is 1. The molecule has 9 heteroatoms. The van der Waals surface area contributed by atoms with Crippen LogP contribution in [-0.4, -0.2) is 33.2 Å². The molecule has 2 heterocycles. The van der Waals surface area contributed by atoms with Crippen molar-refractivity contribution in [2.75, 3.05) is 11.9 Å². The molecule has 3 rings (SSSR count). The number of hydrogen-bond donors (Lipinski definition) is 1. The summed E-state index contributed by atoms with van der Waals surface area (Å²) < 4.78 is 12.2. The van der Waals surface area contributed by atoms with Crippen molar-refractivity contribution in [1.29, 1.82) is 0 Å². The molecule has 0 aliphatic carbocycles. The van der Waals surface area contributed by atoms with Gasteiger partial charge >= 0.3 is 5.97 Å². The molecule has 0 aliphatic heterocycles. The van der Waals surface area contributed by atoms with E-state index in [1.165, 1.54) is 16.9 Å². The number of nitrogens with zero attached hydrogens (tertiary/aromatic N) is 3. The van der Waals surface area contributed by atoms with E-state index in [9.17, 15) is 9.59 Å². The van der Waals surface area contributed by atoms with Gasteiger partial charge in [0.2, 0.25) is 0 Å². The molecule has 0 fully saturated rings. The van der Waals surface area contributed by atoms with Crippen LogP contribution >= 0.6 is 11.3 Å². The second-order valence-corrected chi connectivity index (χ2v) is 7.22. The van der Waals surface area contributed by atoms with E-state index in [0.29, 0.717) is 17.4 Å². The van der Waals surface area contributed by atoms with Crippen molar-refractivity contribution in [3.05, 3.63) is 58.4 Å². The quantitative estimate of drug-likeness (QED) is 0.568. The standard InChI is InChI=1S/C20H22N4O4S/c1-4-27-18(25)10-15-11-29-20(21-15)22-19(26)16-7-8-24(23-16)12-28-17-6-5-13(2)9-14(17)3/h5-9,11H,4,10,12H2,1-3H3,(H,21,22,26). The highest BCUT2D eigenvalue weighted by molar-refractivity contribution is 7.14. The van der Waals surface area contributed by atoms with Gasteiger partial charge < -0.3 is 9.47 Å². The Kier molecular flexibility index (Phi) is 6.61.